The number of fused-ring (bicyclic) bond motifs is 1. The Balaban J connectivity index is 2.83. The molecule has 0 radical (unpaired) electrons. The molecule has 0 bridgehead atoms. The van der Waals surface area contributed by atoms with Gasteiger partial charge in [0.25, 0.3) is 0 Å². The Morgan fingerprint density at radius 1 is 1.50 bits per heavy atom. The number of aliphatic imine (C=N–C) groups is 1. The lowest BCUT2D eigenvalue weighted by atomic mass is 10.3. The molecule has 2 rings (SSSR count). The molecule has 0 spiro atoms. The molecule has 0 aliphatic heterocycles. The van der Waals surface area contributed by atoms with Gasteiger partial charge in [0, 0.05) is 6.20 Å². The molecule has 2 heterocycles. The third-order valence-electron chi connectivity index (χ3n) is 2.08. The van der Waals surface area contributed by atoms with E-state index in [-0.39, 0.29) is 0 Å². The van der Waals surface area contributed by atoms with Crippen LogP contribution in [0.5, 0.6) is 0 Å². The van der Waals surface area contributed by atoms with Crippen molar-refractivity contribution in [3.05, 3.63) is 29.6 Å². The van der Waals surface area contributed by atoms with E-state index in [1.54, 1.807) is 4.40 Å². The predicted molar refractivity (Wildman–Crippen MR) is 52.4 cm³/mol. The normalized spacial score (nSPS) is 10.1. The molecule has 4 heteroatoms. The number of isocyanates is 1. The summed E-state index contributed by atoms with van der Waals surface area (Å²) in [4.78, 5) is 18.1. The molecule has 0 aromatic carbocycles. The smallest absolute Gasteiger partial charge is 0.242 e. The Morgan fingerprint density at radius 2 is 2.29 bits per heavy atom. The number of carbonyl (C=O) groups excluding carboxylic acids is 1. The minimum Gasteiger partial charge on any atom is -0.284 e. The van der Waals surface area contributed by atoms with Crippen molar-refractivity contribution < 1.29 is 4.79 Å². The summed E-state index contributed by atoms with van der Waals surface area (Å²) in [7, 11) is 0. The highest BCUT2D eigenvalue weighted by molar-refractivity contribution is 5.56. The molecule has 2 aromatic rings. The second-order valence-electron chi connectivity index (χ2n) is 3.16. The minimum absolute atomic E-state index is 0.551. The van der Waals surface area contributed by atoms with Crippen LogP contribution in [-0.2, 0) is 4.79 Å². The monoisotopic (exact) mass is 187 g/mol. The Labute approximate surface area is 80.9 Å². The standard InChI is InChI=1S/C10H9N3O/c1-7-3-4-13-9(5-7)12-8(2)10(13)11-6-14/h3-5H,1-2H3. The number of hydrogen-bond acceptors (Lipinski definition) is 3. The first-order chi connectivity index (χ1) is 6.72. The summed E-state index contributed by atoms with van der Waals surface area (Å²) in [5, 5.41) is 0. The molecule has 2 aromatic heterocycles. The van der Waals surface area contributed by atoms with Crippen LogP contribution in [0, 0.1) is 13.8 Å². The van der Waals surface area contributed by atoms with Crippen LogP contribution in [0.4, 0.5) is 5.82 Å². The van der Waals surface area contributed by atoms with Crippen molar-refractivity contribution in [2.75, 3.05) is 0 Å². The molecule has 0 amide bonds. The van der Waals surface area contributed by atoms with Crippen LogP contribution in [0.25, 0.3) is 5.65 Å². The van der Waals surface area contributed by atoms with Crippen molar-refractivity contribution in [2.45, 2.75) is 13.8 Å². The topological polar surface area (TPSA) is 46.7 Å². The molecule has 0 saturated heterocycles. The molecule has 4 nitrogen and oxygen atoms in total. The van der Waals surface area contributed by atoms with E-state index in [1.807, 2.05) is 32.2 Å². The molecule has 0 fully saturated rings. The summed E-state index contributed by atoms with van der Waals surface area (Å²) >= 11 is 0. The van der Waals surface area contributed by atoms with Gasteiger partial charge in [-0.15, -0.1) is 4.99 Å². The van der Waals surface area contributed by atoms with Crippen molar-refractivity contribution in [3.63, 3.8) is 0 Å². The molecular weight excluding hydrogens is 178 g/mol. The summed E-state index contributed by atoms with van der Waals surface area (Å²) in [5.74, 6) is 0.551. The number of pyridine rings is 1. The zero-order valence-corrected chi connectivity index (χ0v) is 7.98. The third kappa shape index (κ3) is 1.22. The van der Waals surface area contributed by atoms with Gasteiger partial charge in [-0.2, -0.15) is 0 Å². The fourth-order valence-electron chi connectivity index (χ4n) is 1.43. The van der Waals surface area contributed by atoms with Gasteiger partial charge in [-0.3, -0.25) is 4.40 Å². The molecular formula is C10H9N3O. The third-order valence-corrected chi connectivity index (χ3v) is 2.08. The molecule has 14 heavy (non-hydrogen) atoms. The SMILES string of the molecule is Cc1ccn2c(N=C=O)c(C)nc2c1. The summed E-state index contributed by atoms with van der Waals surface area (Å²) in [6.07, 6.45) is 3.38. The quantitative estimate of drug-likeness (QED) is 0.505. The lowest BCUT2D eigenvalue weighted by molar-refractivity contribution is 0.565. The highest BCUT2D eigenvalue weighted by atomic mass is 16.1. The van der Waals surface area contributed by atoms with Gasteiger partial charge in [0.2, 0.25) is 6.08 Å². The average Bonchev–Trinajstić information content (AvgIpc) is 2.43. The summed E-state index contributed by atoms with van der Waals surface area (Å²) in [6, 6.07) is 3.88. The maximum absolute atomic E-state index is 10.2. The van der Waals surface area contributed by atoms with Gasteiger partial charge >= 0.3 is 0 Å². The van der Waals surface area contributed by atoms with Gasteiger partial charge in [0.05, 0.1) is 5.69 Å². The number of imidazole rings is 1. The molecule has 0 N–H and O–H groups in total. The molecule has 0 atom stereocenters. The van der Waals surface area contributed by atoms with E-state index in [0.29, 0.717) is 5.82 Å². The fourth-order valence-corrected chi connectivity index (χ4v) is 1.43. The second-order valence-corrected chi connectivity index (χ2v) is 3.16. The van der Waals surface area contributed by atoms with Gasteiger partial charge < -0.3 is 0 Å². The van der Waals surface area contributed by atoms with Gasteiger partial charge in [-0.25, -0.2) is 9.78 Å². The molecule has 70 valence electrons. The second kappa shape index (κ2) is 3.09. The number of rotatable bonds is 1. The fraction of sp³-hybridized carbons (Fsp3) is 0.200. The number of aromatic nitrogens is 2. The largest absolute Gasteiger partial charge is 0.284 e. The Morgan fingerprint density at radius 3 is 3.00 bits per heavy atom. The summed E-state index contributed by atoms with van der Waals surface area (Å²) in [5.41, 5.74) is 2.67. The lowest BCUT2D eigenvalue weighted by Crippen LogP contribution is -1.83. The highest BCUT2D eigenvalue weighted by Gasteiger charge is 2.06. The van der Waals surface area contributed by atoms with Crippen molar-refractivity contribution in [3.8, 4) is 0 Å². The Kier molecular flexibility index (Phi) is 1.91. The zero-order chi connectivity index (χ0) is 10.1. The van der Waals surface area contributed by atoms with Crippen LogP contribution < -0.4 is 0 Å². The van der Waals surface area contributed by atoms with E-state index < -0.39 is 0 Å². The van der Waals surface area contributed by atoms with Crippen LogP contribution in [-0.4, -0.2) is 15.5 Å². The Bertz CT molecular complexity index is 536. The van der Waals surface area contributed by atoms with E-state index in [1.165, 1.54) is 6.08 Å². The number of hydrogen-bond donors (Lipinski definition) is 0. The van der Waals surface area contributed by atoms with E-state index >= 15 is 0 Å². The van der Waals surface area contributed by atoms with Crippen molar-refractivity contribution in [2.24, 2.45) is 4.99 Å². The lowest BCUT2D eigenvalue weighted by Gasteiger charge is -1.95. The Hall–Kier alpha value is -1.93. The van der Waals surface area contributed by atoms with Crippen LogP contribution in [0.15, 0.2) is 23.3 Å². The predicted octanol–water partition coefficient (Wildman–Crippen LogP) is 1.92. The van der Waals surface area contributed by atoms with E-state index in [4.69, 9.17) is 0 Å². The number of aryl methyl sites for hydroxylation is 2. The van der Waals surface area contributed by atoms with Gasteiger partial charge in [-0.05, 0) is 31.5 Å². The van der Waals surface area contributed by atoms with Crippen LogP contribution in [0.2, 0.25) is 0 Å². The summed E-state index contributed by atoms with van der Waals surface area (Å²) < 4.78 is 1.77. The van der Waals surface area contributed by atoms with Crippen molar-refractivity contribution in [1.82, 2.24) is 9.38 Å². The van der Waals surface area contributed by atoms with E-state index in [0.717, 1.165) is 16.9 Å². The first kappa shape index (κ1) is 8.66. The van der Waals surface area contributed by atoms with Gasteiger partial charge in [0.15, 0.2) is 5.82 Å². The maximum Gasteiger partial charge on any atom is 0.242 e. The highest BCUT2D eigenvalue weighted by Crippen LogP contribution is 2.20. The van der Waals surface area contributed by atoms with E-state index in [2.05, 4.69) is 9.98 Å². The molecule has 0 unspecified atom stereocenters. The molecule has 0 aliphatic carbocycles. The van der Waals surface area contributed by atoms with Gasteiger partial charge in [-0.1, -0.05) is 0 Å². The van der Waals surface area contributed by atoms with Crippen LogP contribution in [0.1, 0.15) is 11.3 Å². The van der Waals surface area contributed by atoms with E-state index in [9.17, 15) is 4.79 Å². The van der Waals surface area contributed by atoms with Gasteiger partial charge in [0.1, 0.15) is 5.65 Å². The van der Waals surface area contributed by atoms with Crippen molar-refractivity contribution in [1.29, 1.82) is 0 Å². The zero-order valence-electron chi connectivity index (χ0n) is 7.98. The number of nitrogens with zero attached hydrogens (tertiary/aromatic N) is 3. The minimum atomic E-state index is 0.551. The first-order valence-corrected chi connectivity index (χ1v) is 4.25. The maximum atomic E-state index is 10.2. The molecule has 0 saturated carbocycles. The average molecular weight is 187 g/mol. The van der Waals surface area contributed by atoms with Crippen LogP contribution in [0.3, 0.4) is 0 Å². The molecule has 0 aliphatic rings. The van der Waals surface area contributed by atoms with Crippen molar-refractivity contribution >= 4 is 17.5 Å². The summed E-state index contributed by atoms with van der Waals surface area (Å²) in [6.45, 7) is 3.81. The first-order valence-electron chi connectivity index (χ1n) is 4.25. The van der Waals surface area contributed by atoms with Crippen LogP contribution >= 0.6 is 0 Å².